The normalized spacial score (nSPS) is 24.3. The standard InChI is InChI=1S/C19H28N4O3S/c1-14-2-5-17(27(25,26)21-15-3-4-15)12-18(14)19(24)23-9-6-16(13-23)22-10-7-20-8-11-22/h2,5,12,15-16,20-21H,3-4,6-11,13H2,1H3. The lowest BCUT2D eigenvalue weighted by atomic mass is 10.1. The van der Waals surface area contributed by atoms with Crippen LogP contribution >= 0.6 is 0 Å². The van der Waals surface area contributed by atoms with Gasteiger partial charge in [-0.25, -0.2) is 13.1 Å². The molecule has 0 bridgehead atoms. The van der Waals surface area contributed by atoms with Gasteiger partial charge in [0.05, 0.1) is 4.90 Å². The minimum absolute atomic E-state index is 0.0498. The van der Waals surface area contributed by atoms with Gasteiger partial charge in [0.15, 0.2) is 0 Å². The second-order valence-electron chi connectivity index (χ2n) is 7.85. The average Bonchev–Trinajstić information content (AvgIpc) is 3.32. The van der Waals surface area contributed by atoms with E-state index in [1.807, 2.05) is 11.8 Å². The van der Waals surface area contributed by atoms with Gasteiger partial charge in [-0.3, -0.25) is 9.69 Å². The Morgan fingerprint density at radius 1 is 1.15 bits per heavy atom. The van der Waals surface area contributed by atoms with Gasteiger partial charge >= 0.3 is 0 Å². The Kier molecular flexibility index (Phi) is 5.24. The third-order valence-electron chi connectivity index (χ3n) is 5.77. The van der Waals surface area contributed by atoms with Gasteiger partial charge in [-0.1, -0.05) is 6.07 Å². The molecule has 1 aliphatic carbocycles. The first-order valence-corrected chi connectivity index (χ1v) is 11.3. The fourth-order valence-corrected chi connectivity index (χ4v) is 5.26. The van der Waals surface area contributed by atoms with E-state index in [4.69, 9.17) is 0 Å². The van der Waals surface area contributed by atoms with Gasteiger partial charge in [0, 0.05) is 56.9 Å². The van der Waals surface area contributed by atoms with Crippen molar-refractivity contribution in [1.82, 2.24) is 19.8 Å². The van der Waals surface area contributed by atoms with Crippen molar-refractivity contribution in [3.63, 3.8) is 0 Å². The van der Waals surface area contributed by atoms with E-state index < -0.39 is 10.0 Å². The lowest BCUT2D eigenvalue weighted by Gasteiger charge is -2.32. The number of rotatable bonds is 5. The van der Waals surface area contributed by atoms with Crippen molar-refractivity contribution in [3.8, 4) is 0 Å². The number of benzene rings is 1. The molecule has 3 aliphatic rings. The van der Waals surface area contributed by atoms with Gasteiger partial charge in [0.1, 0.15) is 0 Å². The number of hydrogen-bond donors (Lipinski definition) is 2. The van der Waals surface area contributed by atoms with E-state index >= 15 is 0 Å². The van der Waals surface area contributed by atoms with Gasteiger partial charge in [-0.2, -0.15) is 0 Å². The van der Waals surface area contributed by atoms with E-state index in [2.05, 4.69) is 14.9 Å². The topological polar surface area (TPSA) is 81.8 Å². The first-order chi connectivity index (χ1) is 12.9. The highest BCUT2D eigenvalue weighted by Crippen LogP contribution is 2.25. The largest absolute Gasteiger partial charge is 0.337 e. The summed E-state index contributed by atoms with van der Waals surface area (Å²) in [7, 11) is -3.56. The van der Waals surface area contributed by atoms with Gasteiger partial charge in [-0.15, -0.1) is 0 Å². The van der Waals surface area contributed by atoms with Crippen LogP contribution in [0.15, 0.2) is 23.1 Å². The van der Waals surface area contributed by atoms with E-state index in [-0.39, 0.29) is 16.8 Å². The molecule has 1 unspecified atom stereocenters. The summed E-state index contributed by atoms with van der Waals surface area (Å²) in [5, 5.41) is 3.36. The molecular weight excluding hydrogens is 364 g/mol. The average molecular weight is 393 g/mol. The smallest absolute Gasteiger partial charge is 0.254 e. The molecule has 2 aliphatic heterocycles. The van der Waals surface area contributed by atoms with Gasteiger partial charge in [-0.05, 0) is 43.9 Å². The Labute approximate surface area is 161 Å². The fourth-order valence-electron chi connectivity index (χ4n) is 3.93. The van der Waals surface area contributed by atoms with Crippen molar-refractivity contribution in [2.45, 2.75) is 43.2 Å². The molecule has 1 aromatic carbocycles. The summed E-state index contributed by atoms with van der Waals surface area (Å²) in [5.74, 6) is -0.0615. The Bertz CT molecular complexity index is 816. The minimum Gasteiger partial charge on any atom is -0.337 e. The van der Waals surface area contributed by atoms with Crippen LogP contribution in [0.25, 0.3) is 0 Å². The van der Waals surface area contributed by atoms with Crippen molar-refractivity contribution in [1.29, 1.82) is 0 Å². The van der Waals surface area contributed by atoms with Crippen LogP contribution < -0.4 is 10.0 Å². The maximum atomic E-state index is 13.1. The molecule has 8 heteroatoms. The third kappa shape index (κ3) is 4.18. The van der Waals surface area contributed by atoms with E-state index in [0.717, 1.165) is 64.1 Å². The molecular formula is C19H28N4O3S. The molecule has 1 atom stereocenters. The maximum Gasteiger partial charge on any atom is 0.254 e. The van der Waals surface area contributed by atoms with Crippen LogP contribution in [0.4, 0.5) is 0 Å². The van der Waals surface area contributed by atoms with Crippen molar-refractivity contribution in [3.05, 3.63) is 29.3 Å². The minimum atomic E-state index is -3.56. The molecule has 1 amide bonds. The molecule has 0 aromatic heterocycles. The maximum absolute atomic E-state index is 13.1. The van der Waals surface area contributed by atoms with Crippen molar-refractivity contribution >= 4 is 15.9 Å². The predicted molar refractivity (Wildman–Crippen MR) is 103 cm³/mol. The summed E-state index contributed by atoms with van der Waals surface area (Å²) in [6.07, 6.45) is 2.75. The highest BCUT2D eigenvalue weighted by molar-refractivity contribution is 7.89. The zero-order chi connectivity index (χ0) is 19.0. The fraction of sp³-hybridized carbons (Fsp3) is 0.632. The lowest BCUT2D eigenvalue weighted by molar-refractivity contribution is 0.0772. The number of amides is 1. The molecule has 0 spiro atoms. The monoisotopic (exact) mass is 392 g/mol. The van der Waals surface area contributed by atoms with Crippen LogP contribution in [-0.2, 0) is 10.0 Å². The summed E-state index contributed by atoms with van der Waals surface area (Å²) in [4.78, 5) is 17.6. The number of hydrogen-bond acceptors (Lipinski definition) is 5. The summed E-state index contributed by atoms with van der Waals surface area (Å²) < 4.78 is 27.7. The summed E-state index contributed by atoms with van der Waals surface area (Å²) in [6, 6.07) is 5.32. The second kappa shape index (κ2) is 7.50. The second-order valence-corrected chi connectivity index (χ2v) is 9.57. The van der Waals surface area contributed by atoms with Crippen LogP contribution in [0.2, 0.25) is 0 Å². The van der Waals surface area contributed by atoms with Gasteiger partial charge < -0.3 is 10.2 Å². The number of sulfonamides is 1. The molecule has 1 saturated carbocycles. The van der Waals surface area contributed by atoms with E-state index in [9.17, 15) is 13.2 Å². The van der Waals surface area contributed by atoms with Crippen molar-refractivity contribution in [2.24, 2.45) is 0 Å². The van der Waals surface area contributed by atoms with Crippen LogP contribution in [0.5, 0.6) is 0 Å². The molecule has 2 heterocycles. The summed E-state index contributed by atoms with van der Waals surface area (Å²) in [5.41, 5.74) is 1.31. The number of nitrogens with one attached hydrogen (secondary N) is 2. The Hall–Kier alpha value is -1.48. The van der Waals surface area contributed by atoms with Gasteiger partial charge in [0.25, 0.3) is 5.91 Å². The number of piperazine rings is 1. The molecule has 2 N–H and O–H groups in total. The Morgan fingerprint density at radius 2 is 1.89 bits per heavy atom. The van der Waals surface area contributed by atoms with Crippen LogP contribution in [0, 0.1) is 6.92 Å². The molecule has 0 radical (unpaired) electrons. The predicted octanol–water partition coefficient (Wildman–Crippen LogP) is 0.555. The summed E-state index contributed by atoms with van der Waals surface area (Å²) >= 11 is 0. The zero-order valence-corrected chi connectivity index (χ0v) is 16.6. The third-order valence-corrected chi connectivity index (χ3v) is 7.29. The highest BCUT2D eigenvalue weighted by Gasteiger charge is 2.33. The van der Waals surface area contributed by atoms with Crippen molar-refractivity contribution in [2.75, 3.05) is 39.3 Å². The number of likely N-dealkylation sites (tertiary alicyclic amines) is 1. The Morgan fingerprint density at radius 3 is 2.59 bits per heavy atom. The first-order valence-electron chi connectivity index (χ1n) is 9.81. The number of nitrogens with zero attached hydrogens (tertiary/aromatic N) is 2. The van der Waals surface area contributed by atoms with E-state index in [1.54, 1.807) is 18.2 Å². The molecule has 1 aromatic rings. The van der Waals surface area contributed by atoms with Crippen LogP contribution in [-0.4, -0.2) is 75.5 Å². The molecule has 7 nitrogen and oxygen atoms in total. The molecule has 4 rings (SSSR count). The number of carbonyl (C=O) groups excluding carboxylic acids is 1. The SMILES string of the molecule is Cc1ccc(S(=O)(=O)NC2CC2)cc1C(=O)N1CCC(N2CCNCC2)C1. The molecule has 2 saturated heterocycles. The number of carbonyl (C=O) groups is 1. The Balaban J connectivity index is 1.49. The molecule has 148 valence electrons. The van der Waals surface area contributed by atoms with Gasteiger partial charge in [0.2, 0.25) is 10.0 Å². The molecule has 27 heavy (non-hydrogen) atoms. The zero-order valence-electron chi connectivity index (χ0n) is 15.8. The molecule has 3 fully saturated rings. The quantitative estimate of drug-likeness (QED) is 0.765. The highest BCUT2D eigenvalue weighted by atomic mass is 32.2. The lowest BCUT2D eigenvalue weighted by Crippen LogP contribution is -2.49. The van der Waals surface area contributed by atoms with Crippen LogP contribution in [0.1, 0.15) is 35.2 Å². The number of aryl methyl sites for hydroxylation is 1. The summed E-state index contributed by atoms with van der Waals surface area (Å²) in [6.45, 7) is 7.34. The van der Waals surface area contributed by atoms with Crippen LogP contribution in [0.3, 0.4) is 0 Å². The van der Waals surface area contributed by atoms with E-state index in [1.165, 1.54) is 0 Å². The van der Waals surface area contributed by atoms with E-state index in [0.29, 0.717) is 11.6 Å². The van der Waals surface area contributed by atoms with Crippen molar-refractivity contribution < 1.29 is 13.2 Å². The first kappa shape index (κ1) is 18.9.